The van der Waals surface area contributed by atoms with Crippen molar-refractivity contribution in [3.8, 4) is 0 Å². The number of hydrogen-bond donors (Lipinski definition) is 2. The van der Waals surface area contributed by atoms with E-state index in [9.17, 15) is 4.79 Å². The van der Waals surface area contributed by atoms with Gasteiger partial charge in [-0.1, -0.05) is 24.2 Å². The molecule has 0 unspecified atom stereocenters. The lowest BCUT2D eigenvalue weighted by molar-refractivity contribution is 0.0636. The van der Waals surface area contributed by atoms with Crippen LogP contribution in [0.1, 0.15) is 32.8 Å². The molecule has 0 aliphatic rings. The average molecular weight is 297 g/mol. The molecule has 1 aromatic carbocycles. The molecule has 1 rings (SSSR count). The van der Waals surface area contributed by atoms with Crippen LogP contribution in [0.5, 0.6) is 0 Å². The first kappa shape index (κ1) is 16.5. The molecule has 0 aliphatic heterocycles. The van der Waals surface area contributed by atoms with Crippen molar-refractivity contribution in [3.05, 3.63) is 35.4 Å². The molecule has 4 nitrogen and oxygen atoms in total. The Bertz CT molecular complexity index is 507. The van der Waals surface area contributed by atoms with E-state index in [1.807, 2.05) is 6.07 Å². The third kappa shape index (κ3) is 5.23. The van der Waals surface area contributed by atoms with Crippen LogP contribution in [-0.2, 0) is 4.74 Å². The standard InChI is InChI=1S/C15H21ClN2O2/c1-10(7-8-17)12-6-5-11(9-13(12)16)18-14(19)20-15(2,3)4/h5-6,9H,1,7-8,17H2,2-4H3,(H,18,19). The summed E-state index contributed by atoms with van der Waals surface area (Å²) < 4.78 is 5.17. The molecule has 0 saturated carbocycles. The highest BCUT2D eigenvalue weighted by Crippen LogP contribution is 2.27. The average Bonchev–Trinajstić information content (AvgIpc) is 2.26. The van der Waals surface area contributed by atoms with Crippen molar-refractivity contribution in [2.75, 3.05) is 11.9 Å². The summed E-state index contributed by atoms with van der Waals surface area (Å²) in [5.41, 5.74) is 7.25. The van der Waals surface area contributed by atoms with Gasteiger partial charge in [0, 0.05) is 5.69 Å². The zero-order valence-electron chi connectivity index (χ0n) is 12.1. The van der Waals surface area contributed by atoms with E-state index in [0.29, 0.717) is 23.7 Å². The largest absolute Gasteiger partial charge is 0.444 e. The molecule has 0 saturated heterocycles. The molecule has 5 heteroatoms. The molecule has 1 amide bonds. The fourth-order valence-electron chi connectivity index (χ4n) is 1.61. The SMILES string of the molecule is C=C(CCN)c1ccc(NC(=O)OC(C)(C)C)cc1Cl. The second-order valence-electron chi connectivity index (χ2n) is 5.46. The third-order valence-electron chi connectivity index (χ3n) is 2.44. The number of hydrogen-bond acceptors (Lipinski definition) is 3. The maximum atomic E-state index is 11.7. The van der Waals surface area contributed by atoms with Crippen molar-refractivity contribution in [2.24, 2.45) is 5.73 Å². The maximum Gasteiger partial charge on any atom is 0.412 e. The van der Waals surface area contributed by atoms with Crippen LogP contribution in [0.25, 0.3) is 5.57 Å². The molecule has 0 spiro atoms. The molecular weight excluding hydrogens is 276 g/mol. The van der Waals surface area contributed by atoms with E-state index in [0.717, 1.165) is 11.1 Å². The topological polar surface area (TPSA) is 64.3 Å². The Labute approximate surface area is 124 Å². The summed E-state index contributed by atoms with van der Waals surface area (Å²) in [6.07, 6.45) is 0.167. The number of halogens is 1. The Balaban J connectivity index is 2.78. The summed E-state index contributed by atoms with van der Waals surface area (Å²) in [4.78, 5) is 11.7. The summed E-state index contributed by atoms with van der Waals surface area (Å²) in [5.74, 6) is 0. The summed E-state index contributed by atoms with van der Waals surface area (Å²) in [5, 5.41) is 3.16. The van der Waals surface area contributed by atoms with Gasteiger partial charge in [-0.15, -0.1) is 0 Å². The predicted molar refractivity (Wildman–Crippen MR) is 84.0 cm³/mol. The minimum absolute atomic E-state index is 0.512. The van der Waals surface area contributed by atoms with Crippen LogP contribution >= 0.6 is 11.6 Å². The molecule has 3 N–H and O–H groups in total. The second-order valence-corrected chi connectivity index (χ2v) is 5.87. The van der Waals surface area contributed by atoms with Crippen LogP contribution in [0.15, 0.2) is 24.8 Å². The number of nitrogens with two attached hydrogens (primary N) is 1. The molecule has 0 aliphatic carbocycles. The number of anilines is 1. The second kappa shape index (κ2) is 6.77. The summed E-state index contributed by atoms with van der Waals surface area (Å²) in [6, 6.07) is 5.24. The number of rotatable bonds is 4. The Kier molecular flexibility index (Phi) is 5.60. The Hall–Kier alpha value is -1.52. The van der Waals surface area contributed by atoms with E-state index in [1.54, 1.807) is 32.9 Å². The molecule has 0 bridgehead atoms. The highest BCUT2D eigenvalue weighted by atomic mass is 35.5. The number of amides is 1. The zero-order valence-corrected chi connectivity index (χ0v) is 12.9. The van der Waals surface area contributed by atoms with Crippen LogP contribution in [-0.4, -0.2) is 18.2 Å². The van der Waals surface area contributed by atoms with Gasteiger partial charge >= 0.3 is 6.09 Å². The highest BCUT2D eigenvalue weighted by molar-refractivity contribution is 6.32. The lowest BCUT2D eigenvalue weighted by Gasteiger charge is -2.20. The van der Waals surface area contributed by atoms with Crippen molar-refractivity contribution in [2.45, 2.75) is 32.8 Å². The van der Waals surface area contributed by atoms with Gasteiger partial charge in [0.15, 0.2) is 0 Å². The molecule has 110 valence electrons. The van der Waals surface area contributed by atoms with Crippen molar-refractivity contribution >= 4 is 29.0 Å². The first-order valence-electron chi connectivity index (χ1n) is 6.40. The molecule has 20 heavy (non-hydrogen) atoms. The Morgan fingerprint density at radius 1 is 1.45 bits per heavy atom. The van der Waals surface area contributed by atoms with Crippen LogP contribution < -0.4 is 11.1 Å². The van der Waals surface area contributed by atoms with E-state index < -0.39 is 11.7 Å². The van der Waals surface area contributed by atoms with Crippen LogP contribution in [0, 0.1) is 0 Å². The van der Waals surface area contributed by atoms with Gasteiger partial charge in [0.1, 0.15) is 5.60 Å². The number of carbonyl (C=O) groups is 1. The minimum atomic E-state index is -0.538. The lowest BCUT2D eigenvalue weighted by Crippen LogP contribution is -2.27. The highest BCUT2D eigenvalue weighted by Gasteiger charge is 2.16. The van der Waals surface area contributed by atoms with Gasteiger partial charge in [-0.05, 0) is 57.0 Å². The molecule has 0 heterocycles. The number of carbonyl (C=O) groups excluding carboxylic acids is 1. The summed E-state index contributed by atoms with van der Waals surface area (Å²) in [6.45, 7) is 9.87. The van der Waals surface area contributed by atoms with E-state index in [2.05, 4.69) is 11.9 Å². The number of ether oxygens (including phenoxy) is 1. The van der Waals surface area contributed by atoms with Gasteiger partial charge in [-0.3, -0.25) is 5.32 Å². The molecule has 0 fully saturated rings. The van der Waals surface area contributed by atoms with Gasteiger partial charge in [-0.25, -0.2) is 4.79 Å². The first-order valence-corrected chi connectivity index (χ1v) is 6.78. The van der Waals surface area contributed by atoms with Crippen molar-refractivity contribution in [1.82, 2.24) is 0 Å². The molecule has 0 atom stereocenters. The lowest BCUT2D eigenvalue weighted by atomic mass is 10.0. The smallest absolute Gasteiger partial charge is 0.412 e. The summed E-state index contributed by atoms with van der Waals surface area (Å²) >= 11 is 6.18. The number of benzene rings is 1. The molecule has 0 radical (unpaired) electrons. The van der Waals surface area contributed by atoms with Crippen LogP contribution in [0.3, 0.4) is 0 Å². The molecule has 0 aromatic heterocycles. The van der Waals surface area contributed by atoms with Gasteiger partial charge in [0.25, 0.3) is 0 Å². The normalized spacial score (nSPS) is 11.1. The maximum absolute atomic E-state index is 11.7. The van der Waals surface area contributed by atoms with Crippen LogP contribution in [0.2, 0.25) is 5.02 Å². The monoisotopic (exact) mass is 296 g/mol. The van der Waals surface area contributed by atoms with Gasteiger partial charge in [-0.2, -0.15) is 0 Å². The van der Waals surface area contributed by atoms with Gasteiger partial charge < -0.3 is 10.5 Å². The molecular formula is C15H21ClN2O2. The zero-order chi connectivity index (χ0) is 15.3. The minimum Gasteiger partial charge on any atom is -0.444 e. The molecule has 1 aromatic rings. The Morgan fingerprint density at radius 2 is 2.10 bits per heavy atom. The fraction of sp³-hybridized carbons (Fsp3) is 0.400. The fourth-order valence-corrected chi connectivity index (χ4v) is 1.92. The predicted octanol–water partition coefficient (Wildman–Crippen LogP) is 4.05. The van der Waals surface area contributed by atoms with Crippen molar-refractivity contribution < 1.29 is 9.53 Å². The first-order chi connectivity index (χ1) is 9.23. The van der Waals surface area contributed by atoms with E-state index in [1.165, 1.54) is 0 Å². The summed E-state index contributed by atoms with van der Waals surface area (Å²) in [7, 11) is 0. The Morgan fingerprint density at radius 3 is 2.60 bits per heavy atom. The van der Waals surface area contributed by atoms with Gasteiger partial charge in [0.05, 0.1) is 5.02 Å². The van der Waals surface area contributed by atoms with Crippen molar-refractivity contribution in [1.29, 1.82) is 0 Å². The van der Waals surface area contributed by atoms with E-state index in [4.69, 9.17) is 22.1 Å². The number of nitrogens with one attached hydrogen (secondary N) is 1. The van der Waals surface area contributed by atoms with E-state index >= 15 is 0 Å². The van der Waals surface area contributed by atoms with E-state index in [-0.39, 0.29) is 0 Å². The quantitative estimate of drug-likeness (QED) is 0.881. The van der Waals surface area contributed by atoms with Crippen molar-refractivity contribution in [3.63, 3.8) is 0 Å². The van der Waals surface area contributed by atoms with Crippen LogP contribution in [0.4, 0.5) is 10.5 Å². The van der Waals surface area contributed by atoms with Gasteiger partial charge in [0.2, 0.25) is 0 Å². The third-order valence-corrected chi connectivity index (χ3v) is 2.75.